The van der Waals surface area contributed by atoms with Gasteiger partial charge in [-0.1, -0.05) is 99.7 Å². The summed E-state index contributed by atoms with van der Waals surface area (Å²) >= 11 is 0. The van der Waals surface area contributed by atoms with Crippen LogP contribution >= 0.6 is 0 Å². The summed E-state index contributed by atoms with van der Waals surface area (Å²) in [5, 5.41) is 12.7. The van der Waals surface area contributed by atoms with Gasteiger partial charge in [0.25, 0.3) is 0 Å². The Bertz CT molecular complexity index is 1120. The Labute approximate surface area is 230 Å². The molecule has 2 bridgehead atoms. The van der Waals surface area contributed by atoms with E-state index in [9.17, 15) is 9.90 Å². The molecule has 4 rings (SSSR count). The highest BCUT2D eigenvalue weighted by molar-refractivity contribution is 6.91. The van der Waals surface area contributed by atoms with Crippen LogP contribution in [0, 0.1) is 5.92 Å². The highest BCUT2D eigenvalue weighted by atomic mass is 28.4. The molecule has 0 radical (unpaired) electrons. The van der Waals surface area contributed by atoms with Gasteiger partial charge in [0.2, 0.25) is 8.32 Å². The molecule has 1 heterocycles. The molecule has 2 aliphatic rings. The number of carbonyl (C=O) groups is 1. The van der Waals surface area contributed by atoms with Crippen LogP contribution in [0.2, 0.25) is 36.8 Å². The number of hydrogen-bond acceptors (Lipinski definition) is 5. The molecule has 1 N–H and O–H groups in total. The summed E-state index contributed by atoms with van der Waals surface area (Å²) in [5.74, 6) is 0.0449. The van der Waals surface area contributed by atoms with E-state index in [1.807, 2.05) is 36.4 Å². The van der Waals surface area contributed by atoms with Gasteiger partial charge in [0.05, 0.1) is 27.4 Å². The van der Waals surface area contributed by atoms with Gasteiger partial charge in [-0.05, 0) is 47.7 Å². The quantitative estimate of drug-likeness (QED) is 0.419. The number of benzene rings is 2. The lowest BCUT2D eigenvalue weighted by molar-refractivity contribution is -0.140. The molecule has 38 heavy (non-hydrogen) atoms. The second-order valence-electron chi connectivity index (χ2n) is 12.9. The lowest BCUT2D eigenvalue weighted by atomic mass is 9.91. The molecular weight excluding hydrogens is 509 g/mol. The summed E-state index contributed by atoms with van der Waals surface area (Å²) in [5.41, 5.74) is 1.10. The topological polar surface area (TPSA) is 65.0 Å². The van der Waals surface area contributed by atoms with E-state index in [1.54, 1.807) is 0 Å². The van der Waals surface area contributed by atoms with Crippen LogP contribution < -0.4 is 5.19 Å². The maximum absolute atomic E-state index is 13.7. The van der Waals surface area contributed by atoms with Crippen molar-refractivity contribution in [2.75, 3.05) is 6.61 Å². The van der Waals surface area contributed by atoms with Crippen LogP contribution in [0.3, 0.4) is 0 Å². The molecule has 2 unspecified atom stereocenters. The van der Waals surface area contributed by atoms with Crippen LogP contribution in [0.1, 0.15) is 32.8 Å². The van der Waals surface area contributed by atoms with Gasteiger partial charge in [-0.3, -0.25) is 4.79 Å². The van der Waals surface area contributed by atoms with Gasteiger partial charge in [-0.2, -0.15) is 0 Å². The average Bonchev–Trinajstić information content (AvgIpc) is 3.03. The normalized spacial score (nSPS) is 26.5. The first-order valence-electron chi connectivity index (χ1n) is 13.8. The SMILES string of the molecule is CC(C)(C)[Si](C)(C)OC1=C[C@@H]([Si](C)(C)c2ccccc2)C2C[C@H](COCc3ccccc3)O[C@H]1C(=O)C2O. The molecule has 2 aromatic carbocycles. The third-order valence-electron chi connectivity index (χ3n) is 8.83. The minimum atomic E-state index is -2.28. The predicted molar refractivity (Wildman–Crippen MR) is 158 cm³/mol. The van der Waals surface area contributed by atoms with E-state index in [4.69, 9.17) is 13.9 Å². The molecule has 5 nitrogen and oxygen atoms in total. The minimum Gasteiger partial charge on any atom is -0.544 e. The van der Waals surface area contributed by atoms with Crippen molar-refractivity contribution in [3.8, 4) is 0 Å². The van der Waals surface area contributed by atoms with Crippen molar-refractivity contribution in [2.45, 2.75) is 88.9 Å². The van der Waals surface area contributed by atoms with Gasteiger partial charge < -0.3 is 19.0 Å². The standard InChI is InChI=1S/C31H44O5Si2/c1-31(2,3)38(6,7)36-26-19-27(37(4,5)24-16-12-9-13-17-24)25-18-23(35-30(26)29(33)28(25)32)21-34-20-22-14-10-8-11-15-22/h8-17,19,23,25,27-28,30,32H,18,20-21H2,1-7H3/t23-,25?,27-,28?,30-/m1/s1. The summed E-state index contributed by atoms with van der Waals surface area (Å²) in [4.78, 5) is 13.7. The number of Topliss-reactive ketones (excluding diaryl/α,β-unsaturated/α-hetero) is 1. The zero-order valence-corrected chi connectivity index (χ0v) is 25.9. The van der Waals surface area contributed by atoms with Crippen LogP contribution in [0.4, 0.5) is 0 Å². The number of rotatable bonds is 8. The number of aliphatic hydroxyl groups is 1. The zero-order valence-electron chi connectivity index (χ0n) is 23.9. The Balaban J connectivity index is 1.71. The molecule has 0 saturated carbocycles. The van der Waals surface area contributed by atoms with Gasteiger partial charge in [0.1, 0.15) is 11.9 Å². The second kappa shape index (κ2) is 11.2. The first kappa shape index (κ1) is 29.0. The average molecular weight is 553 g/mol. The fraction of sp³-hybridized carbons (Fsp3) is 0.516. The molecule has 206 valence electrons. The molecular formula is C31H44O5Si2. The number of allylic oxidation sites excluding steroid dienone is 1. The zero-order chi connectivity index (χ0) is 27.7. The Morgan fingerprint density at radius 1 is 0.974 bits per heavy atom. The van der Waals surface area contributed by atoms with Crippen molar-refractivity contribution < 1.29 is 23.8 Å². The van der Waals surface area contributed by atoms with E-state index in [0.29, 0.717) is 25.4 Å². The Morgan fingerprint density at radius 3 is 2.18 bits per heavy atom. The number of hydrogen-bond donors (Lipinski definition) is 1. The molecule has 1 fully saturated rings. The summed E-state index contributed by atoms with van der Waals surface area (Å²) < 4.78 is 19.4. The number of fused-ring (bicyclic) bond motifs is 3. The van der Waals surface area contributed by atoms with Crippen molar-refractivity contribution in [2.24, 2.45) is 5.92 Å². The largest absolute Gasteiger partial charge is 0.544 e. The third kappa shape index (κ3) is 6.07. The fourth-order valence-corrected chi connectivity index (χ4v) is 9.86. The highest BCUT2D eigenvalue weighted by Crippen LogP contribution is 2.46. The van der Waals surface area contributed by atoms with Gasteiger partial charge in [0, 0.05) is 0 Å². The van der Waals surface area contributed by atoms with Crippen molar-refractivity contribution >= 4 is 27.4 Å². The number of aliphatic hydroxyl groups excluding tert-OH is 1. The first-order valence-corrected chi connectivity index (χ1v) is 19.7. The monoisotopic (exact) mass is 552 g/mol. The number of ether oxygens (including phenoxy) is 2. The molecule has 0 spiro atoms. The van der Waals surface area contributed by atoms with Gasteiger partial charge >= 0.3 is 0 Å². The summed E-state index contributed by atoms with van der Waals surface area (Å²) in [6.07, 6.45) is 0.404. The number of carbonyl (C=O) groups excluding carboxylic acids is 1. The Morgan fingerprint density at radius 2 is 1.58 bits per heavy atom. The van der Waals surface area contributed by atoms with Gasteiger partial charge in [0.15, 0.2) is 11.9 Å². The van der Waals surface area contributed by atoms with E-state index in [0.717, 1.165) is 5.56 Å². The Hall–Kier alpha value is -2.04. The predicted octanol–water partition coefficient (Wildman–Crippen LogP) is 5.81. The molecule has 1 saturated heterocycles. The van der Waals surface area contributed by atoms with Gasteiger partial charge in [-0.15, -0.1) is 0 Å². The van der Waals surface area contributed by atoms with Crippen molar-refractivity contribution in [1.29, 1.82) is 0 Å². The van der Waals surface area contributed by atoms with Crippen LogP contribution in [-0.2, 0) is 25.3 Å². The van der Waals surface area contributed by atoms with E-state index >= 15 is 0 Å². The maximum Gasteiger partial charge on any atom is 0.250 e. The van der Waals surface area contributed by atoms with E-state index in [2.05, 4.69) is 77.3 Å². The molecule has 2 aromatic rings. The van der Waals surface area contributed by atoms with E-state index in [-0.39, 0.29) is 28.4 Å². The summed E-state index contributed by atoms with van der Waals surface area (Å²) in [7, 11) is -4.47. The van der Waals surface area contributed by atoms with Crippen molar-refractivity contribution in [1.82, 2.24) is 0 Å². The van der Waals surface area contributed by atoms with Gasteiger partial charge in [-0.25, -0.2) is 0 Å². The van der Waals surface area contributed by atoms with Crippen molar-refractivity contribution in [3.05, 3.63) is 78.1 Å². The first-order chi connectivity index (χ1) is 17.8. The third-order valence-corrected chi connectivity index (χ3v) is 17.3. The molecule has 1 aliphatic carbocycles. The van der Waals surface area contributed by atoms with E-state index in [1.165, 1.54) is 5.19 Å². The molecule has 5 atom stereocenters. The summed E-state index contributed by atoms with van der Waals surface area (Å²) in [6.45, 7) is 16.5. The highest BCUT2D eigenvalue weighted by Gasteiger charge is 2.52. The lowest BCUT2D eigenvalue weighted by Gasteiger charge is -2.41. The smallest absolute Gasteiger partial charge is 0.250 e. The van der Waals surface area contributed by atoms with E-state index < -0.39 is 28.6 Å². The van der Waals surface area contributed by atoms with Crippen molar-refractivity contribution in [3.63, 3.8) is 0 Å². The maximum atomic E-state index is 13.7. The summed E-state index contributed by atoms with van der Waals surface area (Å²) in [6, 6.07) is 20.6. The molecule has 0 aromatic heterocycles. The minimum absolute atomic E-state index is 0.00846. The van der Waals surface area contributed by atoms with Crippen LogP contribution in [-0.4, -0.2) is 52.2 Å². The van der Waals surface area contributed by atoms with Crippen LogP contribution in [0.5, 0.6) is 0 Å². The molecule has 0 amide bonds. The molecule has 1 aliphatic heterocycles. The lowest BCUT2D eigenvalue weighted by Crippen LogP contribution is -2.50. The second-order valence-corrected chi connectivity index (χ2v) is 22.3. The van der Waals surface area contributed by atoms with Crippen LogP contribution in [0.25, 0.3) is 0 Å². The Kier molecular flexibility index (Phi) is 8.55. The molecule has 7 heteroatoms. The fourth-order valence-electron chi connectivity index (χ4n) is 5.38. The van der Waals surface area contributed by atoms with Crippen LogP contribution in [0.15, 0.2) is 72.5 Å². The number of ketones is 1.